The second-order valence-electron chi connectivity index (χ2n) is 6.42. The fraction of sp³-hybridized carbons (Fsp3) is 0.318. The third-order valence-electron chi connectivity index (χ3n) is 4.62. The van der Waals surface area contributed by atoms with E-state index in [4.69, 9.17) is 18.9 Å². The first kappa shape index (κ1) is 20.7. The Morgan fingerprint density at radius 3 is 2.62 bits per heavy atom. The largest absolute Gasteiger partial charge is 0.503 e. The van der Waals surface area contributed by atoms with Gasteiger partial charge in [0, 0.05) is 24.8 Å². The van der Waals surface area contributed by atoms with Gasteiger partial charge in [-0.3, -0.25) is 0 Å². The zero-order valence-corrected chi connectivity index (χ0v) is 16.5. The highest BCUT2D eigenvalue weighted by Crippen LogP contribution is 2.27. The number of nitrogens with zero attached hydrogens (tertiary/aromatic N) is 1. The lowest BCUT2D eigenvalue weighted by molar-refractivity contribution is -0.133. The zero-order valence-electron chi connectivity index (χ0n) is 16.5. The van der Waals surface area contributed by atoms with Crippen molar-refractivity contribution < 1.29 is 28.1 Å². The molecule has 0 amide bonds. The summed E-state index contributed by atoms with van der Waals surface area (Å²) in [7, 11) is 2.75. The number of anilines is 1. The van der Waals surface area contributed by atoms with Gasteiger partial charge in [0.2, 0.25) is 0 Å². The average molecular weight is 401 g/mol. The van der Waals surface area contributed by atoms with Crippen molar-refractivity contribution in [3.8, 4) is 5.75 Å². The predicted molar refractivity (Wildman–Crippen MR) is 107 cm³/mol. The molecule has 0 spiro atoms. The fourth-order valence-electron chi connectivity index (χ4n) is 3.14. The number of methoxy groups -OCH3 is 2. The lowest BCUT2D eigenvalue weighted by Gasteiger charge is -2.29. The lowest BCUT2D eigenvalue weighted by atomic mass is 10.0. The Morgan fingerprint density at radius 1 is 1.17 bits per heavy atom. The first-order chi connectivity index (χ1) is 14.1. The number of benzene rings is 2. The van der Waals surface area contributed by atoms with Crippen molar-refractivity contribution in [1.82, 2.24) is 0 Å². The summed E-state index contributed by atoms with van der Waals surface area (Å²) in [6.45, 7) is 2.81. The molecule has 2 aromatic carbocycles. The summed E-state index contributed by atoms with van der Waals surface area (Å²) >= 11 is 0. The van der Waals surface area contributed by atoms with Crippen LogP contribution in [0.1, 0.15) is 11.1 Å². The Morgan fingerprint density at radius 2 is 1.93 bits per heavy atom. The molecule has 1 fully saturated rings. The Labute approximate surface area is 169 Å². The molecule has 0 unspecified atom stereocenters. The van der Waals surface area contributed by atoms with Crippen LogP contribution in [0.4, 0.5) is 10.1 Å². The summed E-state index contributed by atoms with van der Waals surface area (Å²) in [5.41, 5.74) is 2.37. The number of morpholine rings is 1. The molecular formula is C22H24FNO5. The van der Waals surface area contributed by atoms with Gasteiger partial charge < -0.3 is 23.8 Å². The Kier molecular flexibility index (Phi) is 7.08. The molecule has 1 heterocycles. The third-order valence-corrected chi connectivity index (χ3v) is 4.62. The monoisotopic (exact) mass is 401 g/mol. The number of hydrogen-bond acceptors (Lipinski definition) is 6. The Balaban J connectivity index is 1.76. The summed E-state index contributed by atoms with van der Waals surface area (Å²) in [4.78, 5) is 14.2. The molecule has 1 saturated heterocycles. The van der Waals surface area contributed by atoms with Crippen LogP contribution in [0.15, 0.2) is 48.7 Å². The highest BCUT2D eigenvalue weighted by molar-refractivity contribution is 6.16. The quantitative estimate of drug-likeness (QED) is 0.403. The van der Waals surface area contributed by atoms with Gasteiger partial charge in [0.15, 0.2) is 11.6 Å². The van der Waals surface area contributed by atoms with E-state index in [1.165, 1.54) is 26.5 Å². The second-order valence-corrected chi connectivity index (χ2v) is 6.42. The molecule has 0 bridgehead atoms. The molecule has 6 nitrogen and oxygen atoms in total. The van der Waals surface area contributed by atoms with Crippen LogP contribution < -0.4 is 9.64 Å². The SMILES string of the molecule is COC=C(C(=O)OC)c1ccccc1COc1ccc(N2CCOCC2)cc1F. The number of rotatable bonds is 7. The summed E-state index contributed by atoms with van der Waals surface area (Å²) < 4.78 is 35.5. The minimum Gasteiger partial charge on any atom is -0.503 e. The third kappa shape index (κ3) is 5.06. The Bertz CT molecular complexity index is 877. The first-order valence-electron chi connectivity index (χ1n) is 9.28. The lowest BCUT2D eigenvalue weighted by Crippen LogP contribution is -2.36. The van der Waals surface area contributed by atoms with Crippen LogP contribution in [0.2, 0.25) is 0 Å². The van der Waals surface area contributed by atoms with E-state index >= 15 is 0 Å². The number of carbonyl (C=O) groups excluding carboxylic acids is 1. The van der Waals surface area contributed by atoms with Crippen molar-refractivity contribution in [3.63, 3.8) is 0 Å². The van der Waals surface area contributed by atoms with E-state index in [2.05, 4.69) is 4.90 Å². The fourth-order valence-corrected chi connectivity index (χ4v) is 3.14. The number of esters is 1. The number of carbonyl (C=O) groups is 1. The van der Waals surface area contributed by atoms with E-state index in [1.807, 2.05) is 18.2 Å². The van der Waals surface area contributed by atoms with Gasteiger partial charge in [0.1, 0.15) is 12.2 Å². The number of halogens is 1. The van der Waals surface area contributed by atoms with Gasteiger partial charge in [-0.05, 0) is 23.3 Å². The van der Waals surface area contributed by atoms with Gasteiger partial charge in [0.05, 0.1) is 33.7 Å². The van der Waals surface area contributed by atoms with Crippen molar-refractivity contribution in [2.45, 2.75) is 6.61 Å². The summed E-state index contributed by atoms with van der Waals surface area (Å²) in [6.07, 6.45) is 1.32. The van der Waals surface area contributed by atoms with E-state index in [0.717, 1.165) is 18.8 Å². The van der Waals surface area contributed by atoms with Crippen LogP contribution in [0.25, 0.3) is 5.57 Å². The van der Waals surface area contributed by atoms with Gasteiger partial charge in [-0.25, -0.2) is 9.18 Å². The molecule has 7 heteroatoms. The summed E-state index contributed by atoms with van der Waals surface area (Å²) in [5.74, 6) is -0.820. The average Bonchev–Trinajstić information content (AvgIpc) is 2.77. The molecule has 3 rings (SSSR count). The molecule has 0 aliphatic carbocycles. The molecule has 1 aliphatic rings. The minimum atomic E-state index is -0.527. The molecule has 0 saturated carbocycles. The molecule has 29 heavy (non-hydrogen) atoms. The van der Waals surface area contributed by atoms with E-state index < -0.39 is 11.8 Å². The Hall–Kier alpha value is -3.06. The minimum absolute atomic E-state index is 0.0854. The molecular weight excluding hydrogens is 377 g/mol. The second kappa shape index (κ2) is 9.93. The predicted octanol–water partition coefficient (Wildman–Crippen LogP) is 3.40. The van der Waals surface area contributed by atoms with Crippen molar-refractivity contribution in [1.29, 1.82) is 0 Å². The van der Waals surface area contributed by atoms with E-state index in [1.54, 1.807) is 18.2 Å². The zero-order chi connectivity index (χ0) is 20.6. The molecule has 1 aliphatic heterocycles. The summed E-state index contributed by atoms with van der Waals surface area (Å²) in [6, 6.07) is 12.1. The van der Waals surface area contributed by atoms with Gasteiger partial charge in [-0.2, -0.15) is 0 Å². The smallest absolute Gasteiger partial charge is 0.341 e. The van der Waals surface area contributed by atoms with Crippen LogP contribution in [0, 0.1) is 5.82 Å². The topological polar surface area (TPSA) is 57.2 Å². The van der Waals surface area contributed by atoms with Crippen molar-refractivity contribution in [2.75, 3.05) is 45.4 Å². The van der Waals surface area contributed by atoms with Crippen LogP contribution in [0.5, 0.6) is 5.75 Å². The van der Waals surface area contributed by atoms with Crippen molar-refractivity contribution in [2.24, 2.45) is 0 Å². The first-order valence-corrected chi connectivity index (χ1v) is 9.28. The van der Waals surface area contributed by atoms with E-state index in [-0.39, 0.29) is 17.9 Å². The van der Waals surface area contributed by atoms with Crippen LogP contribution in [-0.4, -0.2) is 46.5 Å². The van der Waals surface area contributed by atoms with Gasteiger partial charge >= 0.3 is 5.97 Å². The number of ether oxygens (including phenoxy) is 4. The van der Waals surface area contributed by atoms with E-state index in [0.29, 0.717) is 24.3 Å². The summed E-state index contributed by atoms with van der Waals surface area (Å²) in [5, 5.41) is 0. The molecule has 0 atom stereocenters. The van der Waals surface area contributed by atoms with Crippen molar-refractivity contribution >= 4 is 17.2 Å². The highest BCUT2D eigenvalue weighted by Gasteiger charge is 2.18. The standard InChI is InChI=1S/C22H24FNO5/c1-26-15-19(22(25)27-2)18-6-4-3-5-16(18)14-29-21-8-7-17(13-20(21)23)24-9-11-28-12-10-24/h3-8,13,15H,9-12,14H2,1-2H3. The van der Waals surface area contributed by atoms with Crippen molar-refractivity contribution in [3.05, 3.63) is 65.7 Å². The van der Waals surface area contributed by atoms with Crippen LogP contribution >= 0.6 is 0 Å². The van der Waals surface area contributed by atoms with E-state index in [9.17, 15) is 9.18 Å². The molecule has 0 N–H and O–H groups in total. The van der Waals surface area contributed by atoms with Crippen LogP contribution in [-0.2, 0) is 25.6 Å². The normalized spacial score (nSPS) is 14.4. The van der Waals surface area contributed by atoms with Gasteiger partial charge in [0.25, 0.3) is 0 Å². The highest BCUT2D eigenvalue weighted by atomic mass is 19.1. The van der Waals surface area contributed by atoms with Crippen LogP contribution in [0.3, 0.4) is 0 Å². The maximum absolute atomic E-state index is 14.6. The maximum atomic E-state index is 14.6. The molecule has 2 aromatic rings. The van der Waals surface area contributed by atoms with Gasteiger partial charge in [-0.1, -0.05) is 24.3 Å². The molecule has 0 aromatic heterocycles. The van der Waals surface area contributed by atoms with Gasteiger partial charge in [-0.15, -0.1) is 0 Å². The molecule has 0 radical (unpaired) electrons. The maximum Gasteiger partial charge on any atom is 0.341 e. The number of hydrogen-bond donors (Lipinski definition) is 0. The molecule has 154 valence electrons.